The molecule has 5 nitrogen and oxygen atoms in total. The molecular weight excluding hydrogens is 295 g/mol. The quantitative estimate of drug-likeness (QED) is 0.826. The maximum Gasteiger partial charge on any atom is 0.331 e. The van der Waals surface area contributed by atoms with Crippen LogP contribution in [0.15, 0.2) is 33.9 Å². The third kappa shape index (κ3) is 3.36. The molecule has 1 aromatic heterocycles. The highest BCUT2D eigenvalue weighted by atomic mass is 32.2. The van der Waals surface area contributed by atoms with Crippen LogP contribution in [0.4, 0.5) is 4.39 Å². The van der Waals surface area contributed by atoms with Crippen molar-refractivity contribution in [2.24, 2.45) is 0 Å². The van der Waals surface area contributed by atoms with Crippen LogP contribution >= 0.6 is 11.8 Å². The third-order valence-electron chi connectivity index (χ3n) is 3.02. The number of aromatic amines is 1. The minimum atomic E-state index is -0.732. The second kappa shape index (κ2) is 6.62. The molecule has 1 aromatic carbocycles. The molecule has 21 heavy (non-hydrogen) atoms. The van der Waals surface area contributed by atoms with E-state index in [4.69, 9.17) is 0 Å². The normalized spacial score (nSPS) is 10.8. The van der Waals surface area contributed by atoms with Crippen LogP contribution < -0.4 is 11.2 Å². The lowest BCUT2D eigenvalue weighted by Gasteiger charge is -2.11. The van der Waals surface area contributed by atoms with Gasteiger partial charge in [0.2, 0.25) is 5.88 Å². The monoisotopic (exact) mass is 310 g/mol. The number of aromatic nitrogens is 2. The summed E-state index contributed by atoms with van der Waals surface area (Å²) in [5.74, 6) is -0.137. The molecule has 2 aromatic rings. The lowest BCUT2D eigenvalue weighted by molar-refractivity contribution is 0.402. The summed E-state index contributed by atoms with van der Waals surface area (Å²) in [4.78, 5) is 25.8. The number of aromatic hydroxyl groups is 1. The van der Waals surface area contributed by atoms with Gasteiger partial charge in [0, 0.05) is 6.54 Å². The zero-order valence-corrected chi connectivity index (χ0v) is 12.2. The molecule has 7 heteroatoms. The number of rotatable bonds is 5. The van der Waals surface area contributed by atoms with Crippen LogP contribution in [0, 0.1) is 5.82 Å². The first-order chi connectivity index (χ1) is 10.0. The molecule has 1 heterocycles. The van der Waals surface area contributed by atoms with E-state index in [1.165, 1.54) is 18.2 Å². The predicted molar refractivity (Wildman–Crippen MR) is 81.4 cm³/mol. The Morgan fingerprint density at radius 2 is 2.14 bits per heavy atom. The zero-order valence-electron chi connectivity index (χ0n) is 11.4. The van der Waals surface area contributed by atoms with Crippen LogP contribution in [0.1, 0.15) is 6.42 Å². The van der Waals surface area contributed by atoms with Gasteiger partial charge < -0.3 is 5.11 Å². The van der Waals surface area contributed by atoms with Gasteiger partial charge in [0.1, 0.15) is 11.4 Å². The van der Waals surface area contributed by atoms with E-state index in [1.807, 2.05) is 6.26 Å². The number of halogens is 1. The van der Waals surface area contributed by atoms with Crippen molar-refractivity contribution in [3.8, 4) is 17.0 Å². The lowest BCUT2D eigenvalue weighted by atomic mass is 10.1. The number of benzene rings is 1. The highest BCUT2D eigenvalue weighted by molar-refractivity contribution is 7.98. The Balaban J connectivity index is 2.54. The lowest BCUT2D eigenvalue weighted by Crippen LogP contribution is -2.31. The standard InChI is InChI=1S/C14H15FN2O3S/c1-21-7-3-6-17-13(19)11(12(18)16-14(17)20)9-4-2-5-10(15)8-9/h2,4-5,8,19H,3,6-7H2,1H3,(H,16,18,20). The van der Waals surface area contributed by atoms with Gasteiger partial charge in [0.15, 0.2) is 0 Å². The summed E-state index contributed by atoms with van der Waals surface area (Å²) < 4.78 is 14.4. The van der Waals surface area contributed by atoms with Gasteiger partial charge in [-0.3, -0.25) is 14.3 Å². The van der Waals surface area contributed by atoms with Crippen LogP contribution in [0.3, 0.4) is 0 Å². The van der Waals surface area contributed by atoms with Gasteiger partial charge >= 0.3 is 5.69 Å². The first-order valence-corrected chi connectivity index (χ1v) is 7.75. The minimum absolute atomic E-state index is 0.0988. The van der Waals surface area contributed by atoms with E-state index < -0.39 is 22.9 Å². The van der Waals surface area contributed by atoms with Crippen molar-refractivity contribution >= 4 is 11.8 Å². The molecule has 0 atom stereocenters. The van der Waals surface area contributed by atoms with Crippen LogP contribution in [-0.2, 0) is 6.54 Å². The second-order valence-electron chi connectivity index (χ2n) is 4.47. The van der Waals surface area contributed by atoms with Crippen molar-refractivity contribution in [2.75, 3.05) is 12.0 Å². The first kappa shape index (κ1) is 15.4. The molecular formula is C14H15FN2O3S. The highest BCUT2D eigenvalue weighted by Crippen LogP contribution is 2.24. The maximum atomic E-state index is 13.3. The zero-order chi connectivity index (χ0) is 15.4. The number of nitrogens with one attached hydrogen (secondary N) is 1. The topological polar surface area (TPSA) is 75.1 Å². The molecule has 0 aliphatic carbocycles. The van der Waals surface area contributed by atoms with Crippen molar-refractivity contribution in [1.29, 1.82) is 0 Å². The van der Waals surface area contributed by atoms with E-state index in [9.17, 15) is 19.1 Å². The van der Waals surface area contributed by atoms with E-state index in [-0.39, 0.29) is 17.7 Å². The van der Waals surface area contributed by atoms with Gasteiger partial charge in [0.05, 0.1) is 0 Å². The Bertz CT molecular complexity index is 755. The summed E-state index contributed by atoms with van der Waals surface area (Å²) in [7, 11) is 0. The molecule has 2 N–H and O–H groups in total. The van der Waals surface area contributed by atoms with Crippen molar-refractivity contribution in [1.82, 2.24) is 9.55 Å². The van der Waals surface area contributed by atoms with E-state index in [0.29, 0.717) is 6.42 Å². The second-order valence-corrected chi connectivity index (χ2v) is 5.45. The summed E-state index contributed by atoms with van der Waals surface area (Å²) in [6, 6.07) is 5.32. The molecule has 0 radical (unpaired) electrons. The molecule has 112 valence electrons. The van der Waals surface area contributed by atoms with Crippen molar-refractivity contribution < 1.29 is 9.50 Å². The van der Waals surface area contributed by atoms with Crippen LogP contribution in [0.2, 0.25) is 0 Å². The van der Waals surface area contributed by atoms with Gasteiger partial charge in [-0.1, -0.05) is 12.1 Å². The highest BCUT2D eigenvalue weighted by Gasteiger charge is 2.16. The molecule has 0 saturated carbocycles. The molecule has 0 unspecified atom stereocenters. The number of hydrogen-bond acceptors (Lipinski definition) is 4. The van der Waals surface area contributed by atoms with E-state index in [0.717, 1.165) is 16.4 Å². The fourth-order valence-electron chi connectivity index (χ4n) is 2.04. The molecule has 0 spiro atoms. The maximum absolute atomic E-state index is 13.3. The number of H-pyrrole nitrogens is 1. The molecule has 0 saturated heterocycles. The van der Waals surface area contributed by atoms with Crippen molar-refractivity contribution in [3.05, 3.63) is 50.9 Å². The van der Waals surface area contributed by atoms with Crippen LogP contribution in [0.25, 0.3) is 11.1 Å². The molecule has 0 aliphatic heterocycles. The Hall–Kier alpha value is -2.02. The summed E-state index contributed by atoms with van der Waals surface area (Å²) in [5, 5.41) is 10.2. The molecule has 0 fully saturated rings. The Morgan fingerprint density at radius 1 is 1.38 bits per heavy atom. The SMILES string of the molecule is CSCCCn1c(O)c(-c2cccc(F)c2)c(=O)[nH]c1=O. The van der Waals surface area contributed by atoms with Crippen molar-refractivity contribution in [3.63, 3.8) is 0 Å². The number of thioether (sulfide) groups is 1. The smallest absolute Gasteiger partial charge is 0.331 e. The predicted octanol–water partition coefficient (Wildman–Crippen LogP) is 1.80. The molecule has 0 bridgehead atoms. The van der Waals surface area contributed by atoms with E-state index >= 15 is 0 Å². The molecule has 0 aliphatic rings. The summed E-state index contributed by atoms with van der Waals surface area (Å²) in [6.07, 6.45) is 2.61. The van der Waals surface area contributed by atoms with Gasteiger partial charge in [-0.05, 0) is 36.1 Å². The van der Waals surface area contributed by atoms with Gasteiger partial charge in [-0.25, -0.2) is 9.18 Å². The Kier molecular flexibility index (Phi) is 4.85. The van der Waals surface area contributed by atoms with E-state index in [1.54, 1.807) is 11.8 Å². The first-order valence-electron chi connectivity index (χ1n) is 6.35. The van der Waals surface area contributed by atoms with Gasteiger partial charge in [-0.15, -0.1) is 0 Å². The largest absolute Gasteiger partial charge is 0.494 e. The Labute approximate surface area is 124 Å². The summed E-state index contributed by atoms with van der Waals surface area (Å²) in [5.41, 5.74) is -1.27. The van der Waals surface area contributed by atoms with Gasteiger partial charge in [0.25, 0.3) is 5.56 Å². The average Bonchev–Trinajstić information content (AvgIpc) is 2.42. The fraction of sp³-hybridized carbons (Fsp3) is 0.286. The number of hydrogen-bond donors (Lipinski definition) is 2. The van der Waals surface area contributed by atoms with Gasteiger partial charge in [-0.2, -0.15) is 11.8 Å². The Morgan fingerprint density at radius 3 is 2.81 bits per heavy atom. The van der Waals surface area contributed by atoms with Crippen molar-refractivity contribution in [2.45, 2.75) is 13.0 Å². The van der Waals surface area contributed by atoms with Crippen LogP contribution in [-0.4, -0.2) is 26.7 Å². The molecule has 2 rings (SSSR count). The minimum Gasteiger partial charge on any atom is -0.494 e. The molecule has 0 amide bonds. The van der Waals surface area contributed by atoms with Crippen LogP contribution in [0.5, 0.6) is 5.88 Å². The summed E-state index contributed by atoms with van der Waals surface area (Å²) >= 11 is 1.62. The third-order valence-corrected chi connectivity index (χ3v) is 3.71. The fourth-order valence-corrected chi connectivity index (χ4v) is 2.46. The summed E-state index contributed by atoms with van der Waals surface area (Å²) in [6.45, 7) is 0.282. The van der Waals surface area contributed by atoms with E-state index in [2.05, 4.69) is 4.98 Å². The number of nitrogens with zero attached hydrogens (tertiary/aromatic N) is 1. The average molecular weight is 310 g/mol.